The molecule has 2 N–H and O–H groups in total. The van der Waals surface area contributed by atoms with E-state index in [2.05, 4.69) is 24.0 Å². The Morgan fingerprint density at radius 3 is 2.80 bits per heavy atom. The molecule has 0 amide bonds. The van der Waals surface area contributed by atoms with Crippen LogP contribution in [0.5, 0.6) is 0 Å². The van der Waals surface area contributed by atoms with Gasteiger partial charge in [0, 0.05) is 5.92 Å². The molecule has 0 spiro atoms. The average Bonchev–Trinajstić information content (AvgIpc) is 2.95. The summed E-state index contributed by atoms with van der Waals surface area (Å²) >= 11 is 0. The number of nitrogens with two attached hydrogens (primary N) is 1. The van der Waals surface area contributed by atoms with Gasteiger partial charge < -0.3 is 10.3 Å². The highest BCUT2D eigenvalue weighted by Gasteiger charge is 2.43. The second-order valence-electron chi connectivity index (χ2n) is 4.82. The van der Waals surface area contributed by atoms with Crippen molar-refractivity contribution >= 4 is 0 Å². The summed E-state index contributed by atoms with van der Waals surface area (Å²) in [5.41, 5.74) is 5.77. The van der Waals surface area contributed by atoms with Crippen LogP contribution in [0.4, 0.5) is 0 Å². The van der Waals surface area contributed by atoms with Crippen LogP contribution < -0.4 is 5.73 Å². The molecule has 1 fully saturated rings. The highest BCUT2D eigenvalue weighted by molar-refractivity contribution is 5.08. The van der Waals surface area contributed by atoms with Gasteiger partial charge in [-0.2, -0.15) is 4.98 Å². The van der Waals surface area contributed by atoms with Crippen molar-refractivity contribution in [3.05, 3.63) is 11.7 Å². The second kappa shape index (κ2) is 3.59. The molecule has 0 saturated heterocycles. The van der Waals surface area contributed by atoms with E-state index in [0.717, 1.165) is 12.2 Å². The summed E-state index contributed by atoms with van der Waals surface area (Å²) in [7, 11) is 0. The summed E-state index contributed by atoms with van der Waals surface area (Å²) in [5.74, 6) is 2.24. The standard InChI is InChI=1S/C11H19N3O/c1-4-7(2)9-13-10(15-14-9)11(3,12)8-5-6-8/h7-8H,4-6,12H2,1-3H3. The van der Waals surface area contributed by atoms with Crippen LogP contribution >= 0.6 is 0 Å². The van der Waals surface area contributed by atoms with Gasteiger partial charge in [0.25, 0.3) is 0 Å². The van der Waals surface area contributed by atoms with Crippen molar-refractivity contribution in [2.24, 2.45) is 11.7 Å². The van der Waals surface area contributed by atoms with E-state index in [9.17, 15) is 0 Å². The Morgan fingerprint density at radius 2 is 2.27 bits per heavy atom. The van der Waals surface area contributed by atoms with Crippen molar-refractivity contribution in [1.82, 2.24) is 10.1 Å². The van der Waals surface area contributed by atoms with Gasteiger partial charge in [0.1, 0.15) is 0 Å². The van der Waals surface area contributed by atoms with E-state index in [1.165, 1.54) is 12.8 Å². The van der Waals surface area contributed by atoms with Gasteiger partial charge in [-0.3, -0.25) is 0 Å². The number of nitrogens with zero attached hydrogens (tertiary/aromatic N) is 2. The molecule has 0 aromatic carbocycles. The fourth-order valence-electron chi connectivity index (χ4n) is 1.69. The molecule has 0 radical (unpaired) electrons. The van der Waals surface area contributed by atoms with E-state index < -0.39 is 5.54 Å². The lowest BCUT2D eigenvalue weighted by Crippen LogP contribution is -2.35. The van der Waals surface area contributed by atoms with Crippen molar-refractivity contribution in [3.63, 3.8) is 0 Å². The van der Waals surface area contributed by atoms with E-state index in [0.29, 0.717) is 17.7 Å². The highest BCUT2D eigenvalue weighted by Crippen LogP contribution is 2.43. The van der Waals surface area contributed by atoms with Gasteiger partial charge in [-0.05, 0) is 32.1 Å². The van der Waals surface area contributed by atoms with Crippen LogP contribution in [-0.4, -0.2) is 10.1 Å². The van der Waals surface area contributed by atoms with Gasteiger partial charge in [-0.15, -0.1) is 0 Å². The van der Waals surface area contributed by atoms with E-state index in [4.69, 9.17) is 10.3 Å². The summed E-state index contributed by atoms with van der Waals surface area (Å²) in [5, 5.41) is 4.00. The van der Waals surface area contributed by atoms with Crippen LogP contribution in [-0.2, 0) is 5.54 Å². The maximum absolute atomic E-state index is 6.20. The first-order valence-corrected chi connectivity index (χ1v) is 5.68. The minimum Gasteiger partial charge on any atom is -0.337 e. The van der Waals surface area contributed by atoms with Crippen molar-refractivity contribution in [3.8, 4) is 0 Å². The van der Waals surface area contributed by atoms with Gasteiger partial charge in [-0.25, -0.2) is 0 Å². The summed E-state index contributed by atoms with van der Waals surface area (Å²) in [6.07, 6.45) is 3.37. The zero-order valence-corrected chi connectivity index (χ0v) is 9.66. The van der Waals surface area contributed by atoms with Crippen LogP contribution in [0.15, 0.2) is 4.52 Å². The van der Waals surface area contributed by atoms with Crippen molar-refractivity contribution in [1.29, 1.82) is 0 Å². The first-order chi connectivity index (χ1) is 7.05. The molecular weight excluding hydrogens is 190 g/mol. The van der Waals surface area contributed by atoms with Crippen LogP contribution in [0.1, 0.15) is 57.7 Å². The molecular formula is C11H19N3O. The summed E-state index contributed by atoms with van der Waals surface area (Å²) in [6.45, 7) is 6.20. The van der Waals surface area contributed by atoms with E-state index in [-0.39, 0.29) is 0 Å². The molecule has 15 heavy (non-hydrogen) atoms. The predicted molar refractivity (Wildman–Crippen MR) is 57.3 cm³/mol. The minimum atomic E-state index is -0.432. The Labute approximate surface area is 90.2 Å². The van der Waals surface area contributed by atoms with E-state index >= 15 is 0 Å². The molecule has 1 aliphatic rings. The zero-order valence-electron chi connectivity index (χ0n) is 9.66. The lowest BCUT2D eigenvalue weighted by Gasteiger charge is -2.18. The Hall–Kier alpha value is -0.900. The summed E-state index contributed by atoms with van der Waals surface area (Å²) in [6, 6.07) is 0. The minimum absolute atomic E-state index is 0.345. The molecule has 2 unspecified atom stereocenters. The Bertz CT molecular complexity index is 341. The van der Waals surface area contributed by atoms with E-state index in [1.54, 1.807) is 0 Å². The topological polar surface area (TPSA) is 64.9 Å². The fourth-order valence-corrected chi connectivity index (χ4v) is 1.69. The van der Waals surface area contributed by atoms with Gasteiger partial charge in [0.05, 0.1) is 5.54 Å². The van der Waals surface area contributed by atoms with Gasteiger partial charge in [0.15, 0.2) is 5.82 Å². The Balaban J connectivity index is 2.19. The third-order valence-electron chi connectivity index (χ3n) is 3.38. The highest BCUT2D eigenvalue weighted by atomic mass is 16.5. The zero-order chi connectivity index (χ0) is 11.1. The van der Waals surface area contributed by atoms with Crippen molar-refractivity contribution in [2.75, 3.05) is 0 Å². The van der Waals surface area contributed by atoms with Crippen LogP contribution in [0, 0.1) is 5.92 Å². The number of rotatable bonds is 4. The molecule has 1 saturated carbocycles. The molecule has 0 bridgehead atoms. The predicted octanol–water partition coefficient (Wildman–Crippen LogP) is 2.17. The lowest BCUT2D eigenvalue weighted by molar-refractivity contribution is 0.271. The van der Waals surface area contributed by atoms with Crippen molar-refractivity contribution in [2.45, 2.75) is 51.5 Å². The maximum atomic E-state index is 6.20. The van der Waals surface area contributed by atoms with Crippen molar-refractivity contribution < 1.29 is 4.52 Å². The Morgan fingerprint density at radius 1 is 1.60 bits per heavy atom. The van der Waals surface area contributed by atoms with Gasteiger partial charge in [0.2, 0.25) is 5.89 Å². The Kier molecular flexibility index (Phi) is 2.54. The quantitative estimate of drug-likeness (QED) is 0.825. The largest absolute Gasteiger partial charge is 0.337 e. The molecule has 84 valence electrons. The number of aromatic nitrogens is 2. The SMILES string of the molecule is CCC(C)c1noc(C(C)(N)C2CC2)n1. The monoisotopic (exact) mass is 209 g/mol. The molecule has 2 rings (SSSR count). The van der Waals surface area contributed by atoms with Gasteiger partial charge >= 0.3 is 0 Å². The number of hydrogen-bond acceptors (Lipinski definition) is 4. The second-order valence-corrected chi connectivity index (χ2v) is 4.82. The normalized spacial score (nSPS) is 22.4. The first kappa shape index (κ1) is 10.6. The van der Waals surface area contributed by atoms with Crippen LogP contribution in [0.2, 0.25) is 0 Å². The molecule has 1 heterocycles. The molecule has 2 atom stereocenters. The van der Waals surface area contributed by atoms with Gasteiger partial charge in [-0.1, -0.05) is 19.0 Å². The third-order valence-corrected chi connectivity index (χ3v) is 3.38. The molecule has 1 aromatic heterocycles. The first-order valence-electron chi connectivity index (χ1n) is 5.68. The molecule has 0 aliphatic heterocycles. The van der Waals surface area contributed by atoms with Crippen LogP contribution in [0.25, 0.3) is 0 Å². The molecule has 1 aromatic rings. The average molecular weight is 209 g/mol. The maximum Gasteiger partial charge on any atom is 0.246 e. The smallest absolute Gasteiger partial charge is 0.246 e. The number of hydrogen-bond donors (Lipinski definition) is 1. The summed E-state index contributed by atoms with van der Waals surface area (Å²) < 4.78 is 5.27. The molecule has 4 nitrogen and oxygen atoms in total. The third kappa shape index (κ3) is 1.91. The molecule has 4 heteroatoms. The van der Waals surface area contributed by atoms with E-state index in [1.807, 2.05) is 6.92 Å². The lowest BCUT2D eigenvalue weighted by atomic mass is 9.97. The molecule has 1 aliphatic carbocycles. The summed E-state index contributed by atoms with van der Waals surface area (Å²) in [4.78, 5) is 4.41. The van der Waals surface area contributed by atoms with Crippen LogP contribution in [0.3, 0.4) is 0 Å². The fraction of sp³-hybridized carbons (Fsp3) is 0.818.